The number of hydrogen-bond acceptors (Lipinski definition) is 3. The molecule has 2 aromatic carbocycles. The largest absolute Gasteiger partial charge is 0.480 e. The number of fused-ring (bicyclic) bond motifs is 1. The van der Waals surface area contributed by atoms with Gasteiger partial charge in [0.25, 0.3) is 5.91 Å². The van der Waals surface area contributed by atoms with E-state index >= 15 is 0 Å². The molecular weight excluding hydrogens is 363 g/mol. The van der Waals surface area contributed by atoms with Crippen LogP contribution in [0.1, 0.15) is 33.9 Å². The van der Waals surface area contributed by atoms with Crippen LogP contribution in [0.3, 0.4) is 0 Å². The van der Waals surface area contributed by atoms with Crippen molar-refractivity contribution in [2.24, 2.45) is 0 Å². The second kappa shape index (κ2) is 6.94. The molecule has 0 radical (unpaired) electrons. The molecule has 1 aliphatic heterocycles. The summed E-state index contributed by atoms with van der Waals surface area (Å²) in [5.74, 6) is -1.28. The van der Waals surface area contributed by atoms with Crippen LogP contribution in [0.5, 0.6) is 0 Å². The van der Waals surface area contributed by atoms with E-state index in [1.54, 1.807) is 24.3 Å². The maximum absolute atomic E-state index is 12.7. The number of benzene rings is 2. The van der Waals surface area contributed by atoms with E-state index in [1.807, 2.05) is 19.1 Å². The van der Waals surface area contributed by atoms with Crippen LogP contribution in [0.15, 0.2) is 36.4 Å². The zero-order chi connectivity index (χ0) is 18.1. The molecule has 0 unspecified atom stereocenters. The Morgan fingerprint density at radius 3 is 2.64 bits per heavy atom. The maximum Gasteiger partial charge on any atom is 0.326 e. The van der Waals surface area contributed by atoms with Gasteiger partial charge >= 0.3 is 5.97 Å². The van der Waals surface area contributed by atoms with Crippen LogP contribution in [0.2, 0.25) is 10.0 Å². The number of carboxylic acid groups (broad SMARTS) is 1. The Morgan fingerprint density at radius 1 is 1.24 bits per heavy atom. The number of carboxylic acids is 1. The predicted octanol–water partition coefficient (Wildman–Crippen LogP) is 4.04. The molecule has 25 heavy (non-hydrogen) atoms. The molecule has 5 nitrogen and oxygen atoms in total. The highest BCUT2D eigenvalue weighted by Gasteiger charge is 2.33. The van der Waals surface area contributed by atoms with Gasteiger partial charge in [0.05, 0.1) is 6.04 Å². The fourth-order valence-corrected chi connectivity index (χ4v) is 3.64. The van der Waals surface area contributed by atoms with Crippen molar-refractivity contribution in [3.8, 4) is 0 Å². The zero-order valence-corrected chi connectivity index (χ0v) is 14.9. The first-order chi connectivity index (χ1) is 11.9. The number of hydrogen-bond donors (Lipinski definition) is 3. The normalized spacial score (nSPS) is 18.8. The minimum absolute atomic E-state index is 0.182. The quantitative estimate of drug-likeness (QED) is 0.752. The van der Waals surface area contributed by atoms with E-state index in [9.17, 15) is 14.7 Å². The summed E-state index contributed by atoms with van der Waals surface area (Å²) in [6, 6.07) is 9.03. The highest BCUT2D eigenvalue weighted by Crippen LogP contribution is 2.40. The molecule has 1 amide bonds. The molecule has 7 heteroatoms. The smallest absolute Gasteiger partial charge is 0.326 e. The molecule has 0 saturated carbocycles. The average molecular weight is 379 g/mol. The molecule has 0 spiro atoms. The van der Waals surface area contributed by atoms with Crippen molar-refractivity contribution in [2.45, 2.75) is 25.4 Å². The van der Waals surface area contributed by atoms with Gasteiger partial charge in [0, 0.05) is 33.3 Å². The van der Waals surface area contributed by atoms with Gasteiger partial charge in [-0.05, 0) is 30.7 Å². The minimum atomic E-state index is -1.00. The summed E-state index contributed by atoms with van der Waals surface area (Å²) in [5, 5.41) is 16.0. The van der Waals surface area contributed by atoms with Crippen LogP contribution < -0.4 is 10.6 Å². The lowest BCUT2D eigenvalue weighted by molar-refractivity contribution is -0.138. The summed E-state index contributed by atoms with van der Waals surface area (Å²) in [5.41, 5.74) is 2.54. The lowest BCUT2D eigenvalue weighted by atomic mass is 9.92. The average Bonchev–Trinajstić information content (AvgIpc) is 2.54. The molecule has 1 heterocycles. The van der Waals surface area contributed by atoms with Gasteiger partial charge in [0.15, 0.2) is 0 Å². The van der Waals surface area contributed by atoms with Crippen molar-refractivity contribution < 1.29 is 14.7 Å². The summed E-state index contributed by atoms with van der Waals surface area (Å²) < 4.78 is 0. The molecule has 0 aromatic heterocycles. The maximum atomic E-state index is 12.7. The Kier molecular flexibility index (Phi) is 4.88. The number of carbonyl (C=O) groups excluding carboxylic acids is 1. The summed E-state index contributed by atoms with van der Waals surface area (Å²) in [7, 11) is 0. The van der Waals surface area contributed by atoms with Crippen LogP contribution in [-0.4, -0.2) is 23.0 Å². The van der Waals surface area contributed by atoms with Crippen LogP contribution in [0.4, 0.5) is 5.69 Å². The van der Waals surface area contributed by atoms with Gasteiger partial charge in [-0.1, -0.05) is 41.4 Å². The standard InChI is InChI=1S/C18H16Cl2N2O3/c1-9-4-2-3-5-11(9)17(23)22-14-8-15(18(24)25)21-13-7-10(19)6-12(20)16(13)14/h2-7,14-15,21H,8H2,1H3,(H,22,23)(H,24,25)/t14-,15+/m1/s1. The Hall–Kier alpha value is -2.24. The lowest BCUT2D eigenvalue weighted by Gasteiger charge is -2.32. The Bertz CT molecular complexity index is 854. The molecule has 3 rings (SSSR count). The molecule has 2 aromatic rings. The van der Waals surface area contributed by atoms with Crippen molar-refractivity contribution in [3.05, 3.63) is 63.1 Å². The Morgan fingerprint density at radius 2 is 1.96 bits per heavy atom. The van der Waals surface area contributed by atoms with Crippen molar-refractivity contribution in [1.29, 1.82) is 0 Å². The van der Waals surface area contributed by atoms with Gasteiger partial charge < -0.3 is 15.7 Å². The molecule has 0 bridgehead atoms. The first-order valence-corrected chi connectivity index (χ1v) is 8.47. The summed E-state index contributed by atoms with van der Waals surface area (Å²) in [6.45, 7) is 1.85. The SMILES string of the molecule is Cc1ccccc1C(=O)N[C@@H]1C[C@@H](C(=O)O)Nc2cc(Cl)cc(Cl)c21. The van der Waals surface area contributed by atoms with Gasteiger partial charge in [0.2, 0.25) is 0 Å². The number of carbonyl (C=O) groups is 2. The molecule has 0 aliphatic carbocycles. The van der Waals surface area contributed by atoms with E-state index in [1.165, 1.54) is 0 Å². The summed E-state index contributed by atoms with van der Waals surface area (Å²) in [4.78, 5) is 24.1. The summed E-state index contributed by atoms with van der Waals surface area (Å²) in [6.07, 6.45) is 0.182. The molecule has 130 valence electrons. The van der Waals surface area contributed by atoms with Crippen LogP contribution in [0.25, 0.3) is 0 Å². The van der Waals surface area contributed by atoms with Gasteiger partial charge in [0.1, 0.15) is 6.04 Å². The molecule has 2 atom stereocenters. The van der Waals surface area contributed by atoms with E-state index < -0.39 is 18.1 Å². The van der Waals surface area contributed by atoms with E-state index in [0.717, 1.165) is 5.56 Å². The number of amides is 1. The second-order valence-corrected chi connectivity index (χ2v) is 6.80. The monoisotopic (exact) mass is 378 g/mol. The van der Waals surface area contributed by atoms with E-state index in [-0.39, 0.29) is 12.3 Å². The summed E-state index contributed by atoms with van der Waals surface area (Å²) >= 11 is 12.3. The van der Waals surface area contributed by atoms with Crippen LogP contribution in [0, 0.1) is 6.92 Å². The lowest BCUT2D eigenvalue weighted by Crippen LogP contribution is -2.41. The van der Waals surface area contributed by atoms with Gasteiger partial charge in [-0.2, -0.15) is 0 Å². The number of aryl methyl sites for hydroxylation is 1. The zero-order valence-electron chi connectivity index (χ0n) is 13.3. The Labute approximate surface area is 154 Å². The molecule has 0 saturated heterocycles. The molecular formula is C18H16Cl2N2O3. The topological polar surface area (TPSA) is 78.4 Å². The fourth-order valence-electron chi connectivity index (χ4n) is 3.02. The number of halogens is 2. The van der Waals surface area contributed by atoms with Gasteiger partial charge in [-0.15, -0.1) is 0 Å². The van der Waals surface area contributed by atoms with Crippen molar-refractivity contribution >= 4 is 40.8 Å². The van der Waals surface area contributed by atoms with Crippen LogP contribution in [-0.2, 0) is 4.79 Å². The third kappa shape index (κ3) is 3.57. The fraction of sp³-hybridized carbons (Fsp3) is 0.222. The molecule has 1 aliphatic rings. The third-order valence-corrected chi connectivity index (χ3v) is 4.77. The Balaban J connectivity index is 1.96. The van der Waals surface area contributed by atoms with Crippen molar-refractivity contribution in [3.63, 3.8) is 0 Å². The van der Waals surface area contributed by atoms with Crippen LogP contribution >= 0.6 is 23.2 Å². The second-order valence-electron chi connectivity index (χ2n) is 5.96. The first-order valence-electron chi connectivity index (χ1n) is 7.71. The predicted molar refractivity (Wildman–Crippen MR) is 97.5 cm³/mol. The molecule has 0 fully saturated rings. The third-order valence-electron chi connectivity index (χ3n) is 4.24. The highest BCUT2D eigenvalue weighted by atomic mass is 35.5. The number of nitrogens with one attached hydrogen (secondary N) is 2. The number of rotatable bonds is 3. The highest BCUT2D eigenvalue weighted by molar-refractivity contribution is 6.35. The van der Waals surface area contributed by atoms with E-state index in [2.05, 4.69) is 10.6 Å². The van der Waals surface area contributed by atoms with Crippen molar-refractivity contribution in [1.82, 2.24) is 5.32 Å². The number of anilines is 1. The molecule has 3 N–H and O–H groups in total. The minimum Gasteiger partial charge on any atom is -0.480 e. The van der Waals surface area contributed by atoms with Crippen molar-refractivity contribution in [2.75, 3.05) is 5.32 Å². The van der Waals surface area contributed by atoms with E-state index in [0.29, 0.717) is 26.9 Å². The van der Waals surface area contributed by atoms with Gasteiger partial charge in [-0.25, -0.2) is 4.79 Å². The van der Waals surface area contributed by atoms with E-state index in [4.69, 9.17) is 23.2 Å². The van der Waals surface area contributed by atoms with Gasteiger partial charge in [-0.3, -0.25) is 4.79 Å². The first kappa shape index (κ1) is 17.6. The number of aliphatic carboxylic acids is 1.